The molecule has 1 aliphatic heterocycles. The van der Waals surface area contributed by atoms with Crippen molar-refractivity contribution >= 4 is 23.2 Å². The van der Waals surface area contributed by atoms with Crippen LogP contribution in [0.2, 0.25) is 0 Å². The second-order valence-electron chi connectivity index (χ2n) is 8.61. The molecular weight excluding hydrogens is 369 g/mol. The quantitative estimate of drug-likeness (QED) is 0.843. The number of nitrogens with zero attached hydrogens (tertiary/aromatic N) is 2. The van der Waals surface area contributed by atoms with Crippen LogP contribution in [0.4, 0.5) is 15.8 Å². The van der Waals surface area contributed by atoms with Gasteiger partial charge in [0.2, 0.25) is 5.91 Å². The van der Waals surface area contributed by atoms with E-state index in [2.05, 4.69) is 31.0 Å². The molecule has 0 aromatic heterocycles. The molecule has 6 heteroatoms. The van der Waals surface area contributed by atoms with Crippen LogP contribution in [0.15, 0.2) is 48.5 Å². The van der Waals surface area contributed by atoms with E-state index in [0.29, 0.717) is 17.7 Å². The van der Waals surface area contributed by atoms with Crippen LogP contribution in [0.25, 0.3) is 0 Å². The summed E-state index contributed by atoms with van der Waals surface area (Å²) in [5.74, 6) is -0.425. The molecular formula is C23H28FN3O2. The first-order chi connectivity index (χ1) is 13.7. The number of carbonyl (C=O) groups excluding carboxylic acids is 2. The minimum absolute atomic E-state index is 0.00238. The van der Waals surface area contributed by atoms with Crippen molar-refractivity contribution in [3.8, 4) is 0 Å². The van der Waals surface area contributed by atoms with Crippen LogP contribution >= 0.6 is 0 Å². The Bertz CT molecular complexity index is 849. The van der Waals surface area contributed by atoms with Gasteiger partial charge in [-0.1, -0.05) is 20.8 Å². The van der Waals surface area contributed by atoms with Gasteiger partial charge < -0.3 is 15.1 Å². The minimum Gasteiger partial charge on any atom is -0.368 e. The van der Waals surface area contributed by atoms with Gasteiger partial charge >= 0.3 is 0 Å². The number of piperazine rings is 1. The van der Waals surface area contributed by atoms with Gasteiger partial charge in [-0.3, -0.25) is 9.59 Å². The Balaban J connectivity index is 1.54. The zero-order valence-corrected chi connectivity index (χ0v) is 17.2. The molecule has 0 atom stereocenters. The van der Waals surface area contributed by atoms with Gasteiger partial charge in [0, 0.05) is 49.5 Å². The van der Waals surface area contributed by atoms with E-state index in [0.717, 1.165) is 31.9 Å². The van der Waals surface area contributed by atoms with Crippen LogP contribution in [-0.2, 0) is 4.79 Å². The molecule has 1 fully saturated rings. The molecule has 1 heterocycles. The summed E-state index contributed by atoms with van der Waals surface area (Å²) in [4.78, 5) is 28.8. The SMILES string of the molecule is CC(C)(C)CC(=O)N1CCN(c2ccc(NC(=O)c3ccc(F)cc3)cc2)CC1. The molecule has 0 unspecified atom stereocenters. The lowest BCUT2D eigenvalue weighted by Crippen LogP contribution is -2.49. The van der Waals surface area contributed by atoms with E-state index in [4.69, 9.17) is 0 Å². The van der Waals surface area contributed by atoms with E-state index in [9.17, 15) is 14.0 Å². The highest BCUT2D eigenvalue weighted by Gasteiger charge is 2.24. The predicted octanol–water partition coefficient (Wildman–Crippen LogP) is 4.16. The highest BCUT2D eigenvalue weighted by molar-refractivity contribution is 6.04. The summed E-state index contributed by atoms with van der Waals surface area (Å²) in [5, 5.41) is 2.82. The highest BCUT2D eigenvalue weighted by Crippen LogP contribution is 2.23. The zero-order valence-electron chi connectivity index (χ0n) is 17.2. The summed E-state index contributed by atoms with van der Waals surface area (Å²) in [6.07, 6.45) is 0.565. The third-order valence-electron chi connectivity index (χ3n) is 4.91. The van der Waals surface area contributed by atoms with Gasteiger partial charge in [-0.15, -0.1) is 0 Å². The average Bonchev–Trinajstić information content (AvgIpc) is 2.68. The van der Waals surface area contributed by atoms with E-state index in [1.807, 2.05) is 29.2 Å². The molecule has 5 nitrogen and oxygen atoms in total. The minimum atomic E-state index is -0.369. The normalized spacial score (nSPS) is 14.6. The number of nitrogens with one attached hydrogen (secondary N) is 1. The van der Waals surface area contributed by atoms with E-state index in [1.54, 1.807) is 0 Å². The highest BCUT2D eigenvalue weighted by atomic mass is 19.1. The Hall–Kier alpha value is -2.89. The monoisotopic (exact) mass is 397 g/mol. The van der Waals surface area contributed by atoms with Crippen LogP contribution in [0.3, 0.4) is 0 Å². The Kier molecular flexibility index (Phi) is 6.20. The fourth-order valence-electron chi connectivity index (χ4n) is 3.34. The van der Waals surface area contributed by atoms with Crippen LogP contribution in [-0.4, -0.2) is 42.9 Å². The van der Waals surface area contributed by atoms with Crippen molar-refractivity contribution in [3.63, 3.8) is 0 Å². The van der Waals surface area contributed by atoms with E-state index < -0.39 is 0 Å². The number of amides is 2. The number of carbonyl (C=O) groups is 2. The molecule has 1 N–H and O–H groups in total. The molecule has 1 saturated heterocycles. The largest absolute Gasteiger partial charge is 0.368 e. The van der Waals surface area contributed by atoms with Crippen molar-refractivity contribution in [2.75, 3.05) is 36.4 Å². The molecule has 2 aromatic rings. The van der Waals surface area contributed by atoms with Crippen molar-refractivity contribution in [3.05, 3.63) is 59.9 Å². The summed E-state index contributed by atoms with van der Waals surface area (Å²) in [7, 11) is 0. The lowest BCUT2D eigenvalue weighted by Gasteiger charge is -2.37. The summed E-state index contributed by atoms with van der Waals surface area (Å²) in [5.41, 5.74) is 2.16. The molecule has 29 heavy (non-hydrogen) atoms. The molecule has 2 aromatic carbocycles. The van der Waals surface area contributed by atoms with Gasteiger partial charge in [-0.2, -0.15) is 0 Å². The third-order valence-corrected chi connectivity index (χ3v) is 4.91. The van der Waals surface area contributed by atoms with E-state index >= 15 is 0 Å². The van der Waals surface area contributed by atoms with Gasteiger partial charge in [0.25, 0.3) is 5.91 Å². The van der Waals surface area contributed by atoms with Crippen molar-refractivity contribution < 1.29 is 14.0 Å². The van der Waals surface area contributed by atoms with Gasteiger partial charge in [-0.25, -0.2) is 4.39 Å². The number of anilines is 2. The van der Waals surface area contributed by atoms with Crippen molar-refractivity contribution in [2.24, 2.45) is 5.41 Å². The maximum atomic E-state index is 13.0. The zero-order chi connectivity index (χ0) is 21.0. The van der Waals surface area contributed by atoms with Gasteiger partial charge in [0.1, 0.15) is 5.82 Å². The average molecular weight is 397 g/mol. The first-order valence-electron chi connectivity index (χ1n) is 9.91. The van der Waals surface area contributed by atoms with Crippen LogP contribution in [0.1, 0.15) is 37.6 Å². The number of halogens is 1. The number of hydrogen-bond donors (Lipinski definition) is 1. The van der Waals surface area contributed by atoms with Gasteiger partial charge in [-0.05, 0) is 53.9 Å². The first kappa shape index (κ1) is 20.8. The lowest BCUT2D eigenvalue weighted by molar-refractivity contribution is -0.133. The first-order valence-corrected chi connectivity index (χ1v) is 9.91. The summed E-state index contributed by atoms with van der Waals surface area (Å²) in [6.45, 7) is 9.26. The Morgan fingerprint density at radius 3 is 2.07 bits per heavy atom. The third kappa shape index (κ3) is 5.79. The molecule has 2 amide bonds. The molecule has 0 saturated carbocycles. The van der Waals surface area contributed by atoms with Gasteiger partial charge in [0.15, 0.2) is 0 Å². The van der Waals surface area contributed by atoms with Crippen LogP contribution < -0.4 is 10.2 Å². The number of hydrogen-bond acceptors (Lipinski definition) is 3. The van der Waals surface area contributed by atoms with Crippen molar-refractivity contribution in [1.82, 2.24) is 4.90 Å². The second-order valence-corrected chi connectivity index (χ2v) is 8.61. The fraction of sp³-hybridized carbons (Fsp3) is 0.391. The standard InChI is InChI=1S/C23H28FN3O2/c1-23(2,3)16-21(28)27-14-12-26(13-15-27)20-10-8-19(9-11-20)25-22(29)17-4-6-18(24)7-5-17/h4-11H,12-16H2,1-3H3,(H,25,29). The Morgan fingerprint density at radius 1 is 0.931 bits per heavy atom. The number of rotatable bonds is 4. The van der Waals surface area contributed by atoms with Crippen molar-refractivity contribution in [1.29, 1.82) is 0 Å². The molecule has 1 aliphatic rings. The van der Waals surface area contributed by atoms with Gasteiger partial charge in [0.05, 0.1) is 0 Å². The molecule has 0 aliphatic carbocycles. The molecule has 0 bridgehead atoms. The van der Waals surface area contributed by atoms with Crippen LogP contribution in [0.5, 0.6) is 0 Å². The predicted molar refractivity (Wildman–Crippen MR) is 114 cm³/mol. The maximum absolute atomic E-state index is 13.0. The second kappa shape index (κ2) is 8.64. The molecule has 0 radical (unpaired) electrons. The van der Waals surface area contributed by atoms with Crippen molar-refractivity contribution in [2.45, 2.75) is 27.2 Å². The summed E-state index contributed by atoms with van der Waals surface area (Å²) in [6, 6.07) is 13.1. The van der Waals surface area contributed by atoms with Crippen LogP contribution in [0, 0.1) is 11.2 Å². The van der Waals surface area contributed by atoms with E-state index in [-0.39, 0.29) is 23.0 Å². The van der Waals surface area contributed by atoms with E-state index in [1.165, 1.54) is 24.3 Å². The Morgan fingerprint density at radius 2 is 1.52 bits per heavy atom. The fourth-order valence-corrected chi connectivity index (χ4v) is 3.34. The lowest BCUT2D eigenvalue weighted by atomic mass is 9.91. The molecule has 3 rings (SSSR count). The molecule has 0 spiro atoms. The Labute approximate surface area is 171 Å². The summed E-state index contributed by atoms with van der Waals surface area (Å²) >= 11 is 0. The topological polar surface area (TPSA) is 52.7 Å². The summed E-state index contributed by atoms with van der Waals surface area (Å²) < 4.78 is 13.0. The number of benzene rings is 2. The molecule has 154 valence electrons. The maximum Gasteiger partial charge on any atom is 0.255 e. The smallest absolute Gasteiger partial charge is 0.255 e.